The van der Waals surface area contributed by atoms with E-state index in [9.17, 15) is 0 Å². The fraction of sp³-hybridized carbons (Fsp3) is 0.696. The van der Waals surface area contributed by atoms with Crippen molar-refractivity contribution < 1.29 is 18.9 Å². The van der Waals surface area contributed by atoms with E-state index in [1.54, 1.807) is 14.2 Å². The van der Waals surface area contributed by atoms with Gasteiger partial charge < -0.3 is 29.2 Å². The number of nitrogens with zero attached hydrogens (tertiary/aromatic N) is 2. The summed E-state index contributed by atoms with van der Waals surface area (Å²) in [7, 11) is 5.28. The maximum absolute atomic E-state index is 5.73. The van der Waals surface area contributed by atoms with Gasteiger partial charge in [0.2, 0.25) is 0 Å². The van der Waals surface area contributed by atoms with Crippen LogP contribution in [0.1, 0.15) is 24.8 Å². The molecule has 1 N–H and O–H groups in total. The van der Waals surface area contributed by atoms with Crippen LogP contribution < -0.4 is 10.1 Å². The summed E-state index contributed by atoms with van der Waals surface area (Å²) in [5.74, 6) is 2.41. The molecule has 2 heterocycles. The molecule has 3 rings (SSSR count). The van der Waals surface area contributed by atoms with Crippen molar-refractivity contribution in [1.82, 2.24) is 10.2 Å². The molecule has 0 amide bonds. The number of halogens is 1. The molecule has 1 unspecified atom stereocenters. The zero-order valence-corrected chi connectivity index (χ0v) is 21.4. The molecule has 0 aromatic heterocycles. The van der Waals surface area contributed by atoms with Crippen molar-refractivity contribution in [3.8, 4) is 5.75 Å². The van der Waals surface area contributed by atoms with Crippen LogP contribution in [0.2, 0.25) is 0 Å². The Balaban J connectivity index is 0.00000341. The lowest BCUT2D eigenvalue weighted by Gasteiger charge is -2.39. The van der Waals surface area contributed by atoms with E-state index in [4.69, 9.17) is 18.9 Å². The average molecular weight is 547 g/mol. The highest BCUT2D eigenvalue weighted by Crippen LogP contribution is 2.35. The van der Waals surface area contributed by atoms with Gasteiger partial charge >= 0.3 is 0 Å². The van der Waals surface area contributed by atoms with Gasteiger partial charge in [-0.15, -0.1) is 24.0 Å². The Bertz CT molecular complexity index is 665. The second-order valence-corrected chi connectivity index (χ2v) is 8.19. The molecule has 0 radical (unpaired) electrons. The van der Waals surface area contributed by atoms with E-state index in [0.29, 0.717) is 19.1 Å². The van der Waals surface area contributed by atoms with Gasteiger partial charge in [0.25, 0.3) is 0 Å². The topological polar surface area (TPSA) is 64.6 Å². The molecule has 2 fully saturated rings. The third kappa shape index (κ3) is 7.20. The summed E-state index contributed by atoms with van der Waals surface area (Å²) in [5, 5.41) is 3.67. The molecule has 0 saturated carbocycles. The highest BCUT2D eigenvalue weighted by atomic mass is 127. The van der Waals surface area contributed by atoms with Crippen LogP contribution in [-0.4, -0.2) is 84.8 Å². The number of hydrogen-bond acceptors (Lipinski definition) is 5. The molecule has 7 nitrogen and oxygen atoms in total. The first-order valence-electron chi connectivity index (χ1n) is 11.0. The quantitative estimate of drug-likeness (QED) is 0.222. The van der Waals surface area contributed by atoms with Crippen LogP contribution in [0, 0.1) is 5.92 Å². The third-order valence-corrected chi connectivity index (χ3v) is 6.32. The van der Waals surface area contributed by atoms with Gasteiger partial charge in [0.15, 0.2) is 5.96 Å². The molecule has 1 aromatic rings. The normalized spacial score (nSPS) is 20.9. The molecule has 0 spiro atoms. The molecular formula is C23H38IN3O4. The first-order valence-corrected chi connectivity index (χ1v) is 11.0. The van der Waals surface area contributed by atoms with Gasteiger partial charge in [-0.05, 0) is 37.0 Å². The zero-order valence-electron chi connectivity index (χ0n) is 19.1. The van der Waals surface area contributed by atoms with Crippen LogP contribution in [0.4, 0.5) is 0 Å². The van der Waals surface area contributed by atoms with Crippen LogP contribution in [0.25, 0.3) is 0 Å². The minimum Gasteiger partial charge on any atom is -0.497 e. The SMILES string of the molecule is CN=C(NCC1(c2ccc(OC)cc2)CCOCC1)N1CCC(COCCOC)C1.I. The highest BCUT2D eigenvalue weighted by molar-refractivity contribution is 14.0. The predicted molar refractivity (Wildman–Crippen MR) is 134 cm³/mol. The Morgan fingerprint density at radius 1 is 1.19 bits per heavy atom. The number of likely N-dealkylation sites (tertiary alicyclic amines) is 1. The van der Waals surface area contributed by atoms with Crippen LogP contribution in [0.15, 0.2) is 29.3 Å². The number of rotatable bonds is 9. The largest absolute Gasteiger partial charge is 0.497 e. The fourth-order valence-corrected chi connectivity index (χ4v) is 4.41. The van der Waals surface area contributed by atoms with Crippen molar-refractivity contribution in [1.29, 1.82) is 0 Å². The molecule has 2 saturated heterocycles. The Labute approximate surface area is 203 Å². The lowest BCUT2D eigenvalue weighted by atomic mass is 9.74. The lowest BCUT2D eigenvalue weighted by Crippen LogP contribution is -2.49. The van der Waals surface area contributed by atoms with Crippen LogP contribution in [0.3, 0.4) is 0 Å². The summed E-state index contributed by atoms with van der Waals surface area (Å²) in [4.78, 5) is 6.92. The van der Waals surface area contributed by atoms with Gasteiger partial charge in [-0.25, -0.2) is 0 Å². The van der Waals surface area contributed by atoms with Gasteiger partial charge in [0.05, 0.1) is 26.9 Å². The molecule has 2 aliphatic rings. The van der Waals surface area contributed by atoms with E-state index in [-0.39, 0.29) is 29.4 Å². The molecule has 0 bridgehead atoms. The predicted octanol–water partition coefficient (Wildman–Crippen LogP) is 2.92. The van der Waals surface area contributed by atoms with Crippen LogP contribution in [0.5, 0.6) is 5.75 Å². The number of benzene rings is 1. The van der Waals surface area contributed by atoms with E-state index in [0.717, 1.165) is 70.4 Å². The second-order valence-electron chi connectivity index (χ2n) is 8.19. The third-order valence-electron chi connectivity index (χ3n) is 6.32. The summed E-state index contributed by atoms with van der Waals surface area (Å²) in [6.45, 7) is 6.50. The van der Waals surface area contributed by atoms with Crippen molar-refractivity contribution in [2.24, 2.45) is 10.9 Å². The summed E-state index contributed by atoms with van der Waals surface area (Å²) < 4.78 is 21.8. The lowest BCUT2D eigenvalue weighted by molar-refractivity contribution is 0.0509. The minimum absolute atomic E-state index is 0. The van der Waals surface area contributed by atoms with E-state index < -0.39 is 0 Å². The minimum atomic E-state index is 0. The van der Waals surface area contributed by atoms with E-state index >= 15 is 0 Å². The first-order chi connectivity index (χ1) is 14.7. The number of hydrogen-bond donors (Lipinski definition) is 1. The van der Waals surface area contributed by atoms with Crippen molar-refractivity contribution in [3.05, 3.63) is 29.8 Å². The Hall–Kier alpha value is -1.10. The van der Waals surface area contributed by atoms with Crippen molar-refractivity contribution >= 4 is 29.9 Å². The number of methoxy groups -OCH3 is 2. The average Bonchev–Trinajstić information content (AvgIpc) is 3.26. The molecule has 0 aliphatic carbocycles. The van der Waals surface area contributed by atoms with E-state index in [1.165, 1.54) is 5.56 Å². The number of ether oxygens (including phenoxy) is 4. The molecule has 1 aromatic carbocycles. The van der Waals surface area contributed by atoms with Gasteiger partial charge in [-0.2, -0.15) is 0 Å². The number of aliphatic imine (C=N–C) groups is 1. The second kappa shape index (κ2) is 13.4. The Morgan fingerprint density at radius 2 is 1.94 bits per heavy atom. The molecule has 176 valence electrons. The van der Waals surface area contributed by atoms with Crippen molar-refractivity contribution in [2.45, 2.75) is 24.7 Å². The van der Waals surface area contributed by atoms with Gasteiger partial charge in [-0.1, -0.05) is 12.1 Å². The highest BCUT2D eigenvalue weighted by Gasteiger charge is 2.35. The zero-order chi connectivity index (χ0) is 21.2. The maximum Gasteiger partial charge on any atom is 0.193 e. The van der Waals surface area contributed by atoms with Gasteiger partial charge in [0, 0.05) is 58.3 Å². The fourth-order valence-electron chi connectivity index (χ4n) is 4.41. The Kier molecular flexibility index (Phi) is 11.3. The molecule has 8 heteroatoms. The van der Waals surface area contributed by atoms with E-state index in [1.807, 2.05) is 7.05 Å². The van der Waals surface area contributed by atoms with Crippen molar-refractivity contribution in [2.75, 3.05) is 73.9 Å². The molecule has 2 aliphatic heterocycles. The number of guanidine groups is 1. The molecular weight excluding hydrogens is 509 g/mol. The summed E-state index contributed by atoms with van der Waals surface area (Å²) >= 11 is 0. The van der Waals surface area contributed by atoms with Gasteiger partial charge in [0.1, 0.15) is 5.75 Å². The number of nitrogens with one attached hydrogen (secondary N) is 1. The molecule has 31 heavy (non-hydrogen) atoms. The van der Waals surface area contributed by atoms with Crippen LogP contribution in [-0.2, 0) is 19.6 Å². The monoisotopic (exact) mass is 547 g/mol. The van der Waals surface area contributed by atoms with E-state index in [2.05, 4.69) is 39.5 Å². The Morgan fingerprint density at radius 3 is 2.58 bits per heavy atom. The summed E-state index contributed by atoms with van der Waals surface area (Å²) in [5.41, 5.74) is 1.38. The maximum atomic E-state index is 5.73. The smallest absolute Gasteiger partial charge is 0.193 e. The first kappa shape index (κ1) is 26.2. The van der Waals surface area contributed by atoms with Crippen LogP contribution >= 0.6 is 24.0 Å². The van der Waals surface area contributed by atoms with Crippen molar-refractivity contribution in [3.63, 3.8) is 0 Å². The summed E-state index contributed by atoms with van der Waals surface area (Å²) in [6.07, 6.45) is 3.13. The van der Waals surface area contributed by atoms with Gasteiger partial charge in [-0.3, -0.25) is 4.99 Å². The standard InChI is InChI=1S/C23H37N3O4.HI/c1-24-22(26-11-8-19(16-26)17-30-15-14-27-2)25-18-23(9-12-29-13-10-23)20-4-6-21(28-3)7-5-20;/h4-7,19H,8-18H2,1-3H3,(H,24,25);1H. The molecule has 1 atom stereocenters. The summed E-state index contributed by atoms with van der Waals surface area (Å²) in [6, 6.07) is 8.49.